The number of rotatable bonds is 10. The highest BCUT2D eigenvalue weighted by molar-refractivity contribution is 7.99. The number of halogens is 2. The van der Waals surface area contributed by atoms with E-state index in [4.69, 9.17) is 21.1 Å². The Labute approximate surface area is 166 Å². The van der Waals surface area contributed by atoms with E-state index < -0.39 is 11.9 Å². The van der Waals surface area contributed by atoms with Crippen LogP contribution in [0.3, 0.4) is 0 Å². The van der Waals surface area contributed by atoms with Crippen molar-refractivity contribution >= 4 is 35.2 Å². The molecule has 1 amide bonds. The van der Waals surface area contributed by atoms with Gasteiger partial charge in [-0.1, -0.05) is 11.6 Å². The number of hydrogen-bond acceptors (Lipinski definition) is 5. The van der Waals surface area contributed by atoms with Gasteiger partial charge in [-0.25, -0.2) is 4.39 Å². The summed E-state index contributed by atoms with van der Waals surface area (Å²) in [7, 11) is 0. The number of hydrogen-bond donors (Lipinski definition) is 1. The lowest BCUT2D eigenvalue weighted by Gasteiger charge is -2.08. The van der Waals surface area contributed by atoms with Crippen molar-refractivity contribution in [2.24, 2.45) is 0 Å². The minimum atomic E-state index is -0.461. The summed E-state index contributed by atoms with van der Waals surface area (Å²) in [6.07, 6.45) is 0.162. The third-order valence-corrected chi connectivity index (χ3v) is 4.53. The molecule has 0 aliphatic carbocycles. The van der Waals surface area contributed by atoms with Crippen LogP contribution in [0.25, 0.3) is 0 Å². The molecule has 144 valence electrons. The second kappa shape index (κ2) is 11.5. The first kappa shape index (κ1) is 21.1. The topological polar surface area (TPSA) is 64.6 Å². The zero-order valence-corrected chi connectivity index (χ0v) is 16.0. The molecule has 1 N–H and O–H groups in total. The Bertz CT molecular complexity index is 740. The molecule has 0 spiro atoms. The van der Waals surface area contributed by atoms with Crippen molar-refractivity contribution in [2.75, 3.05) is 25.5 Å². The predicted molar refractivity (Wildman–Crippen MR) is 103 cm³/mol. The number of esters is 1. The first-order chi connectivity index (χ1) is 13.0. The van der Waals surface area contributed by atoms with Crippen molar-refractivity contribution in [3.63, 3.8) is 0 Å². The van der Waals surface area contributed by atoms with E-state index in [0.29, 0.717) is 23.1 Å². The van der Waals surface area contributed by atoms with Gasteiger partial charge in [0.1, 0.15) is 18.2 Å². The minimum Gasteiger partial charge on any atom is -0.492 e. The maximum atomic E-state index is 12.8. The van der Waals surface area contributed by atoms with E-state index in [1.54, 1.807) is 36.4 Å². The van der Waals surface area contributed by atoms with Gasteiger partial charge in [-0.2, -0.15) is 0 Å². The SMILES string of the molecule is O=C(COC(=O)CCSc1ccc(F)cc1)NCCOc1ccc(Cl)cc1. The zero-order valence-electron chi connectivity index (χ0n) is 14.5. The van der Waals surface area contributed by atoms with E-state index in [2.05, 4.69) is 5.32 Å². The van der Waals surface area contributed by atoms with Gasteiger partial charge in [-0.15, -0.1) is 11.8 Å². The zero-order chi connectivity index (χ0) is 19.5. The molecule has 0 fully saturated rings. The molecule has 0 radical (unpaired) electrons. The molecule has 2 aromatic carbocycles. The number of nitrogens with one attached hydrogen (secondary N) is 1. The first-order valence-electron chi connectivity index (χ1n) is 8.22. The Morgan fingerprint density at radius 3 is 2.48 bits per heavy atom. The van der Waals surface area contributed by atoms with Crippen LogP contribution in [-0.4, -0.2) is 37.4 Å². The van der Waals surface area contributed by atoms with Crippen molar-refractivity contribution in [1.29, 1.82) is 0 Å². The summed E-state index contributed by atoms with van der Waals surface area (Å²) in [6, 6.07) is 12.9. The van der Waals surface area contributed by atoms with Gasteiger partial charge < -0.3 is 14.8 Å². The van der Waals surface area contributed by atoms with Gasteiger partial charge >= 0.3 is 5.97 Å². The Balaban J connectivity index is 1.52. The van der Waals surface area contributed by atoms with Gasteiger partial charge in [0.15, 0.2) is 6.61 Å². The molecule has 5 nitrogen and oxygen atoms in total. The van der Waals surface area contributed by atoms with E-state index in [1.165, 1.54) is 23.9 Å². The quantitative estimate of drug-likeness (QED) is 0.367. The Kier molecular flexibility index (Phi) is 8.94. The van der Waals surface area contributed by atoms with Crippen molar-refractivity contribution in [3.05, 3.63) is 59.4 Å². The van der Waals surface area contributed by atoms with Crippen LogP contribution in [0, 0.1) is 5.82 Å². The number of carbonyl (C=O) groups is 2. The van der Waals surface area contributed by atoms with Gasteiger partial charge in [0.2, 0.25) is 0 Å². The van der Waals surface area contributed by atoms with Crippen molar-refractivity contribution in [3.8, 4) is 5.75 Å². The van der Waals surface area contributed by atoms with Crippen LogP contribution >= 0.6 is 23.4 Å². The third kappa shape index (κ3) is 8.79. The highest BCUT2D eigenvalue weighted by Crippen LogP contribution is 2.19. The maximum Gasteiger partial charge on any atom is 0.307 e. The van der Waals surface area contributed by atoms with Crippen molar-refractivity contribution in [2.45, 2.75) is 11.3 Å². The number of carbonyl (C=O) groups excluding carboxylic acids is 2. The highest BCUT2D eigenvalue weighted by atomic mass is 35.5. The van der Waals surface area contributed by atoms with E-state index in [0.717, 1.165) is 4.90 Å². The van der Waals surface area contributed by atoms with Crippen LogP contribution in [-0.2, 0) is 14.3 Å². The van der Waals surface area contributed by atoms with E-state index in [-0.39, 0.29) is 25.5 Å². The molecule has 0 heterocycles. The third-order valence-electron chi connectivity index (χ3n) is 3.26. The van der Waals surface area contributed by atoms with Gasteiger partial charge in [0, 0.05) is 15.7 Å². The largest absolute Gasteiger partial charge is 0.492 e. The predicted octanol–water partition coefficient (Wildman–Crippen LogP) is 3.70. The average Bonchev–Trinajstić information content (AvgIpc) is 2.66. The summed E-state index contributed by atoms with van der Waals surface area (Å²) in [5.74, 6) is -0.0189. The van der Waals surface area contributed by atoms with Gasteiger partial charge in [-0.3, -0.25) is 9.59 Å². The molecule has 0 saturated carbocycles. The van der Waals surface area contributed by atoms with Gasteiger partial charge in [-0.05, 0) is 48.5 Å². The summed E-state index contributed by atoms with van der Waals surface area (Å²) in [5.41, 5.74) is 0. The molecule has 27 heavy (non-hydrogen) atoms. The molecule has 2 rings (SSSR count). The van der Waals surface area contributed by atoms with Crippen molar-refractivity contribution in [1.82, 2.24) is 5.32 Å². The smallest absolute Gasteiger partial charge is 0.307 e. The average molecular weight is 412 g/mol. The summed E-state index contributed by atoms with van der Waals surface area (Å²) >= 11 is 7.19. The molecule has 0 aromatic heterocycles. The van der Waals surface area contributed by atoms with Crippen LogP contribution in [0.15, 0.2) is 53.4 Å². The lowest BCUT2D eigenvalue weighted by Crippen LogP contribution is -2.32. The number of thioether (sulfide) groups is 1. The second-order valence-corrected chi connectivity index (χ2v) is 6.97. The van der Waals surface area contributed by atoms with Gasteiger partial charge in [0.05, 0.1) is 13.0 Å². The summed E-state index contributed by atoms with van der Waals surface area (Å²) in [4.78, 5) is 24.1. The molecular weight excluding hydrogens is 393 g/mol. The second-order valence-electron chi connectivity index (χ2n) is 5.37. The lowest BCUT2D eigenvalue weighted by atomic mass is 10.3. The molecule has 0 aliphatic heterocycles. The molecule has 0 atom stereocenters. The van der Waals surface area contributed by atoms with Crippen LogP contribution in [0.1, 0.15) is 6.42 Å². The Morgan fingerprint density at radius 2 is 1.78 bits per heavy atom. The fourth-order valence-corrected chi connectivity index (χ4v) is 2.90. The van der Waals surface area contributed by atoms with E-state index in [9.17, 15) is 14.0 Å². The van der Waals surface area contributed by atoms with E-state index in [1.807, 2.05) is 0 Å². The van der Waals surface area contributed by atoms with Crippen LogP contribution in [0.2, 0.25) is 5.02 Å². The monoisotopic (exact) mass is 411 g/mol. The van der Waals surface area contributed by atoms with Gasteiger partial charge in [0.25, 0.3) is 5.91 Å². The van der Waals surface area contributed by atoms with Crippen LogP contribution < -0.4 is 10.1 Å². The molecule has 0 saturated heterocycles. The molecule has 8 heteroatoms. The fourth-order valence-electron chi connectivity index (χ4n) is 1.94. The number of amides is 1. The maximum absolute atomic E-state index is 12.8. The highest BCUT2D eigenvalue weighted by Gasteiger charge is 2.08. The van der Waals surface area contributed by atoms with E-state index >= 15 is 0 Å². The van der Waals surface area contributed by atoms with Crippen LogP contribution in [0.4, 0.5) is 4.39 Å². The fraction of sp³-hybridized carbons (Fsp3) is 0.263. The molecule has 2 aromatic rings. The Hall–Kier alpha value is -2.25. The Morgan fingerprint density at radius 1 is 1.07 bits per heavy atom. The molecular formula is C19H19ClFNO4S. The normalized spacial score (nSPS) is 10.3. The molecule has 0 aliphatic rings. The minimum absolute atomic E-state index is 0.162. The molecule has 0 unspecified atom stereocenters. The first-order valence-corrected chi connectivity index (χ1v) is 9.58. The number of benzene rings is 2. The van der Waals surface area contributed by atoms with Crippen LogP contribution in [0.5, 0.6) is 5.75 Å². The van der Waals surface area contributed by atoms with Crippen molar-refractivity contribution < 1.29 is 23.5 Å². The molecule has 0 bridgehead atoms. The summed E-state index contributed by atoms with van der Waals surface area (Å²) in [5, 5.41) is 3.22. The summed E-state index contributed by atoms with van der Waals surface area (Å²) in [6.45, 7) is 0.246. The number of ether oxygens (including phenoxy) is 2. The summed E-state index contributed by atoms with van der Waals surface area (Å²) < 4.78 is 23.1. The lowest BCUT2D eigenvalue weighted by molar-refractivity contribution is -0.148. The standard InChI is InChI=1S/C19H19ClFNO4S/c20-14-1-5-16(6-2-14)25-11-10-22-18(23)13-26-19(24)9-12-27-17-7-3-15(21)4-8-17/h1-8H,9-13H2,(H,22,23).